The van der Waals surface area contributed by atoms with E-state index in [9.17, 15) is 0 Å². The van der Waals surface area contributed by atoms with Gasteiger partial charge in [0.25, 0.3) is 0 Å². The number of benzene rings is 1. The van der Waals surface area contributed by atoms with Gasteiger partial charge in [-0.3, -0.25) is 0 Å². The summed E-state index contributed by atoms with van der Waals surface area (Å²) in [6, 6.07) is 11.6. The highest BCUT2D eigenvalue weighted by atomic mass is 16.7. The first kappa shape index (κ1) is 11.0. The number of nitriles is 1. The molecule has 2 heterocycles. The highest BCUT2D eigenvalue weighted by Gasteiger charge is 2.39. The van der Waals surface area contributed by atoms with Gasteiger partial charge in [0, 0.05) is 12.0 Å². The Bertz CT molecular complexity index is 561. The lowest BCUT2D eigenvalue weighted by atomic mass is 9.83. The number of hydrogen-bond acceptors (Lipinski definition) is 4. The van der Waals surface area contributed by atoms with Crippen LogP contribution in [0.25, 0.3) is 0 Å². The third-order valence-electron chi connectivity index (χ3n) is 3.35. The first-order valence-corrected chi connectivity index (χ1v) is 5.77. The molecule has 2 aromatic rings. The van der Waals surface area contributed by atoms with E-state index in [0.717, 1.165) is 17.5 Å². The third-order valence-corrected chi connectivity index (χ3v) is 3.35. The van der Waals surface area contributed by atoms with Crippen LogP contribution in [0.4, 0.5) is 0 Å². The van der Waals surface area contributed by atoms with Crippen molar-refractivity contribution in [2.45, 2.75) is 12.0 Å². The second-order valence-electron chi connectivity index (χ2n) is 4.31. The fourth-order valence-corrected chi connectivity index (χ4v) is 2.34. The van der Waals surface area contributed by atoms with Gasteiger partial charge in [0.05, 0.1) is 36.3 Å². The van der Waals surface area contributed by atoms with Gasteiger partial charge in [-0.25, -0.2) is 0 Å². The molecule has 1 aromatic heterocycles. The van der Waals surface area contributed by atoms with Crippen molar-refractivity contribution in [3.05, 3.63) is 59.5 Å². The van der Waals surface area contributed by atoms with E-state index < -0.39 is 0 Å². The zero-order valence-corrected chi connectivity index (χ0v) is 9.72. The van der Waals surface area contributed by atoms with E-state index in [0.29, 0.717) is 12.2 Å². The van der Waals surface area contributed by atoms with Crippen LogP contribution in [0.3, 0.4) is 0 Å². The Labute approximate surface area is 105 Å². The van der Waals surface area contributed by atoms with E-state index in [-0.39, 0.29) is 5.54 Å². The van der Waals surface area contributed by atoms with Crippen LogP contribution in [-0.2, 0) is 10.4 Å². The zero-order chi connectivity index (χ0) is 12.4. The van der Waals surface area contributed by atoms with Crippen molar-refractivity contribution in [3.8, 4) is 6.07 Å². The SMILES string of the molecule is N#Cc1ccc(C2(c3ccoc3)CCON2)cc1. The lowest BCUT2D eigenvalue weighted by Crippen LogP contribution is -2.36. The molecule has 1 N–H and O–H groups in total. The van der Waals surface area contributed by atoms with E-state index in [1.165, 1.54) is 0 Å². The Morgan fingerprint density at radius 2 is 2.00 bits per heavy atom. The molecule has 1 saturated heterocycles. The Balaban J connectivity index is 2.07. The monoisotopic (exact) mass is 240 g/mol. The van der Waals surface area contributed by atoms with Crippen LogP contribution in [0, 0.1) is 11.3 Å². The third kappa shape index (κ3) is 1.61. The van der Waals surface area contributed by atoms with E-state index in [4.69, 9.17) is 14.5 Å². The number of rotatable bonds is 2. The zero-order valence-electron chi connectivity index (χ0n) is 9.72. The van der Waals surface area contributed by atoms with Gasteiger partial charge in [0.2, 0.25) is 0 Å². The quantitative estimate of drug-likeness (QED) is 0.875. The minimum Gasteiger partial charge on any atom is -0.472 e. The Morgan fingerprint density at radius 3 is 2.56 bits per heavy atom. The van der Waals surface area contributed by atoms with E-state index in [1.807, 2.05) is 30.3 Å². The van der Waals surface area contributed by atoms with Crippen LogP contribution in [0.2, 0.25) is 0 Å². The van der Waals surface area contributed by atoms with Crippen molar-refractivity contribution < 1.29 is 9.25 Å². The highest BCUT2D eigenvalue weighted by Crippen LogP contribution is 2.36. The van der Waals surface area contributed by atoms with Crippen molar-refractivity contribution in [1.82, 2.24) is 5.48 Å². The Morgan fingerprint density at radius 1 is 1.17 bits per heavy atom. The van der Waals surface area contributed by atoms with Crippen LogP contribution in [0.1, 0.15) is 23.1 Å². The fourth-order valence-electron chi connectivity index (χ4n) is 2.34. The summed E-state index contributed by atoms with van der Waals surface area (Å²) in [5, 5.41) is 8.84. The second-order valence-corrected chi connectivity index (χ2v) is 4.31. The molecule has 1 unspecified atom stereocenters. The minimum absolute atomic E-state index is 0.374. The summed E-state index contributed by atoms with van der Waals surface area (Å²) in [6.45, 7) is 0.644. The number of nitrogens with one attached hydrogen (secondary N) is 1. The number of hydrogen-bond donors (Lipinski definition) is 1. The van der Waals surface area contributed by atoms with Gasteiger partial charge in [-0.2, -0.15) is 10.7 Å². The van der Waals surface area contributed by atoms with Gasteiger partial charge >= 0.3 is 0 Å². The van der Waals surface area contributed by atoms with Gasteiger partial charge in [0.1, 0.15) is 0 Å². The normalized spacial score (nSPS) is 22.8. The van der Waals surface area contributed by atoms with Gasteiger partial charge in [-0.15, -0.1) is 0 Å². The minimum atomic E-state index is -0.374. The molecular weight excluding hydrogens is 228 g/mol. The van der Waals surface area contributed by atoms with Crippen LogP contribution < -0.4 is 5.48 Å². The molecule has 4 heteroatoms. The molecule has 1 aliphatic rings. The van der Waals surface area contributed by atoms with E-state index >= 15 is 0 Å². The Kier molecular flexibility index (Phi) is 2.63. The van der Waals surface area contributed by atoms with Crippen LogP contribution in [0.5, 0.6) is 0 Å². The van der Waals surface area contributed by atoms with Crippen molar-refractivity contribution in [3.63, 3.8) is 0 Å². The van der Waals surface area contributed by atoms with E-state index in [1.54, 1.807) is 12.5 Å². The van der Waals surface area contributed by atoms with Crippen LogP contribution >= 0.6 is 0 Å². The number of furan rings is 1. The molecule has 3 rings (SSSR count). The first-order valence-electron chi connectivity index (χ1n) is 5.77. The predicted octanol–water partition coefficient (Wildman–Crippen LogP) is 2.32. The van der Waals surface area contributed by atoms with Crippen molar-refractivity contribution in [2.75, 3.05) is 6.61 Å². The van der Waals surface area contributed by atoms with E-state index in [2.05, 4.69) is 11.5 Å². The molecular formula is C14H12N2O2. The summed E-state index contributed by atoms with van der Waals surface area (Å²) in [4.78, 5) is 5.34. The topological polar surface area (TPSA) is 58.2 Å². The summed E-state index contributed by atoms with van der Waals surface area (Å²) >= 11 is 0. The summed E-state index contributed by atoms with van der Waals surface area (Å²) in [5.74, 6) is 0. The largest absolute Gasteiger partial charge is 0.472 e. The molecule has 0 aliphatic carbocycles. The van der Waals surface area contributed by atoms with Crippen LogP contribution in [0.15, 0.2) is 47.3 Å². The summed E-state index contributed by atoms with van der Waals surface area (Å²) in [7, 11) is 0. The van der Waals surface area contributed by atoms with Gasteiger partial charge in [-0.1, -0.05) is 12.1 Å². The number of hydroxylamine groups is 1. The first-order chi connectivity index (χ1) is 8.85. The molecule has 1 fully saturated rings. The average molecular weight is 240 g/mol. The smallest absolute Gasteiger partial charge is 0.0991 e. The van der Waals surface area contributed by atoms with Gasteiger partial charge in [-0.05, 0) is 23.8 Å². The fraction of sp³-hybridized carbons (Fsp3) is 0.214. The molecule has 0 amide bonds. The summed E-state index contributed by atoms with van der Waals surface area (Å²) in [5.41, 5.74) is 5.46. The maximum Gasteiger partial charge on any atom is 0.0991 e. The average Bonchev–Trinajstić information content (AvgIpc) is 3.10. The van der Waals surface area contributed by atoms with Crippen LogP contribution in [-0.4, -0.2) is 6.61 Å². The van der Waals surface area contributed by atoms with Crippen molar-refractivity contribution in [2.24, 2.45) is 0 Å². The number of nitrogens with zero attached hydrogens (tertiary/aromatic N) is 1. The van der Waals surface area contributed by atoms with Gasteiger partial charge in [0.15, 0.2) is 0 Å². The highest BCUT2D eigenvalue weighted by molar-refractivity contribution is 5.40. The Hall–Kier alpha value is -2.09. The predicted molar refractivity (Wildman–Crippen MR) is 64.3 cm³/mol. The lowest BCUT2D eigenvalue weighted by molar-refractivity contribution is 0.0708. The lowest BCUT2D eigenvalue weighted by Gasteiger charge is -2.27. The molecule has 0 spiro atoms. The molecule has 1 aromatic carbocycles. The molecule has 90 valence electrons. The second kappa shape index (κ2) is 4.30. The molecule has 4 nitrogen and oxygen atoms in total. The molecule has 1 atom stereocenters. The maximum atomic E-state index is 8.84. The molecule has 1 aliphatic heterocycles. The molecule has 0 bridgehead atoms. The molecule has 0 radical (unpaired) electrons. The van der Waals surface area contributed by atoms with Crippen molar-refractivity contribution >= 4 is 0 Å². The molecule has 18 heavy (non-hydrogen) atoms. The summed E-state index contributed by atoms with van der Waals surface area (Å²) in [6.07, 6.45) is 4.21. The maximum absolute atomic E-state index is 8.84. The standard InChI is InChI=1S/C14H12N2O2/c15-9-11-1-3-12(4-2-11)14(6-8-18-16-14)13-5-7-17-10-13/h1-5,7,10,16H,6,8H2. The molecule has 0 saturated carbocycles. The van der Waals surface area contributed by atoms with Gasteiger partial charge < -0.3 is 9.25 Å². The summed E-state index contributed by atoms with van der Waals surface area (Å²) < 4.78 is 5.17. The van der Waals surface area contributed by atoms with Crippen molar-refractivity contribution in [1.29, 1.82) is 5.26 Å².